The molecule has 0 bridgehead atoms. The number of hydrogen-bond acceptors (Lipinski definition) is 5. The molecule has 1 aliphatic rings. The van der Waals surface area contributed by atoms with Gasteiger partial charge in [0.2, 0.25) is 5.91 Å². The number of sulfone groups is 1. The van der Waals surface area contributed by atoms with Crippen molar-refractivity contribution in [3.8, 4) is 11.5 Å². The highest BCUT2D eigenvalue weighted by Gasteiger charge is 2.35. The third kappa shape index (κ3) is 5.59. The summed E-state index contributed by atoms with van der Waals surface area (Å²) in [5.74, 6) is 1.24. The van der Waals surface area contributed by atoms with Gasteiger partial charge < -0.3 is 14.4 Å². The van der Waals surface area contributed by atoms with E-state index in [4.69, 9.17) is 9.47 Å². The van der Waals surface area contributed by atoms with E-state index in [0.717, 1.165) is 11.1 Å². The van der Waals surface area contributed by atoms with Crippen molar-refractivity contribution in [3.63, 3.8) is 0 Å². The van der Waals surface area contributed by atoms with Crippen LogP contribution in [0.1, 0.15) is 24.0 Å². The average molecular weight is 480 g/mol. The summed E-state index contributed by atoms with van der Waals surface area (Å²) in [5.41, 5.74) is 2.02. The smallest absolute Gasteiger partial charge is 0.222 e. The lowest BCUT2D eigenvalue weighted by Gasteiger charge is -2.17. The lowest BCUT2D eigenvalue weighted by Crippen LogP contribution is -2.32. The third-order valence-electron chi connectivity index (χ3n) is 6.10. The minimum atomic E-state index is -3.44. The van der Waals surface area contributed by atoms with Gasteiger partial charge in [-0.25, -0.2) is 8.42 Å². The molecule has 3 aromatic rings. The van der Waals surface area contributed by atoms with Crippen molar-refractivity contribution in [1.29, 1.82) is 0 Å². The van der Waals surface area contributed by atoms with Crippen LogP contribution >= 0.6 is 0 Å². The predicted molar refractivity (Wildman–Crippen MR) is 131 cm³/mol. The second kappa shape index (κ2) is 10.7. The number of ether oxygens (including phenoxy) is 2. The molecule has 34 heavy (non-hydrogen) atoms. The van der Waals surface area contributed by atoms with Gasteiger partial charge in [-0.05, 0) is 48.2 Å². The van der Waals surface area contributed by atoms with Crippen LogP contribution in [0.25, 0.3) is 0 Å². The van der Waals surface area contributed by atoms with Gasteiger partial charge in [-0.1, -0.05) is 54.6 Å². The molecule has 178 valence electrons. The van der Waals surface area contributed by atoms with Crippen LogP contribution in [-0.2, 0) is 27.7 Å². The predicted octanol–water partition coefficient (Wildman–Crippen LogP) is 4.28. The Balaban J connectivity index is 1.35. The van der Waals surface area contributed by atoms with Gasteiger partial charge in [-0.15, -0.1) is 0 Å². The Kier molecular flexibility index (Phi) is 7.53. The Morgan fingerprint density at radius 3 is 2.35 bits per heavy atom. The van der Waals surface area contributed by atoms with Crippen molar-refractivity contribution in [1.82, 2.24) is 4.90 Å². The van der Waals surface area contributed by atoms with Gasteiger partial charge in [0, 0.05) is 19.5 Å². The molecule has 1 heterocycles. The zero-order chi connectivity index (χ0) is 24.0. The molecule has 7 heteroatoms. The van der Waals surface area contributed by atoms with E-state index >= 15 is 0 Å². The van der Waals surface area contributed by atoms with Crippen LogP contribution < -0.4 is 9.47 Å². The molecule has 1 saturated heterocycles. The Morgan fingerprint density at radius 2 is 1.65 bits per heavy atom. The first-order valence-electron chi connectivity index (χ1n) is 11.4. The lowest BCUT2D eigenvalue weighted by molar-refractivity contribution is -0.130. The molecule has 0 N–H and O–H groups in total. The zero-order valence-corrected chi connectivity index (χ0v) is 20.0. The molecule has 0 radical (unpaired) electrons. The first-order valence-corrected chi connectivity index (χ1v) is 12.9. The first kappa shape index (κ1) is 23.8. The number of benzene rings is 3. The highest BCUT2D eigenvalue weighted by atomic mass is 32.2. The highest BCUT2D eigenvalue weighted by Crippen LogP contribution is 2.30. The Labute approximate surface area is 201 Å². The standard InChI is InChI=1S/C27H29NO5S/c1-32-25-14-12-21(18-26(25)33-20-22-8-4-2-5-9-22)13-15-27(29)28-17-16-24(19-28)34(30,31)23-10-6-3-7-11-23/h2-12,14,18,24H,13,15-17,19-20H2,1H3. The zero-order valence-electron chi connectivity index (χ0n) is 19.2. The summed E-state index contributed by atoms with van der Waals surface area (Å²) in [7, 11) is -1.84. The second-order valence-corrected chi connectivity index (χ2v) is 10.6. The maximum absolute atomic E-state index is 12.9. The molecule has 1 fully saturated rings. The first-order chi connectivity index (χ1) is 16.5. The van der Waals surface area contributed by atoms with Crippen molar-refractivity contribution in [2.24, 2.45) is 0 Å². The molecule has 3 aromatic carbocycles. The largest absolute Gasteiger partial charge is 0.493 e. The van der Waals surface area contributed by atoms with Crippen molar-refractivity contribution >= 4 is 15.7 Å². The van der Waals surface area contributed by atoms with Crippen LogP contribution in [-0.4, -0.2) is 44.7 Å². The van der Waals surface area contributed by atoms with Crippen LogP contribution in [0.3, 0.4) is 0 Å². The SMILES string of the molecule is COc1ccc(CCC(=O)N2CCC(S(=O)(=O)c3ccccc3)C2)cc1OCc1ccccc1. The maximum Gasteiger partial charge on any atom is 0.222 e. The van der Waals surface area contributed by atoms with E-state index in [-0.39, 0.29) is 12.5 Å². The fourth-order valence-corrected chi connectivity index (χ4v) is 5.86. The number of hydrogen-bond donors (Lipinski definition) is 0. The molecule has 6 nitrogen and oxygen atoms in total. The number of aryl methyl sites for hydroxylation is 1. The number of carbonyl (C=O) groups is 1. The molecule has 1 aliphatic heterocycles. The molecule has 0 aromatic heterocycles. The minimum absolute atomic E-state index is 0.0340. The van der Waals surface area contributed by atoms with Crippen LogP contribution in [0.5, 0.6) is 11.5 Å². The van der Waals surface area contributed by atoms with Gasteiger partial charge in [-0.3, -0.25) is 4.79 Å². The van der Waals surface area contributed by atoms with E-state index in [9.17, 15) is 13.2 Å². The Morgan fingerprint density at radius 1 is 0.941 bits per heavy atom. The summed E-state index contributed by atoms with van der Waals surface area (Å²) < 4.78 is 37.1. The molecule has 1 amide bonds. The van der Waals surface area contributed by atoms with Crippen molar-refractivity contribution in [2.75, 3.05) is 20.2 Å². The second-order valence-electron chi connectivity index (χ2n) is 8.37. The van der Waals surface area contributed by atoms with Gasteiger partial charge in [0.1, 0.15) is 6.61 Å². The minimum Gasteiger partial charge on any atom is -0.493 e. The Hall–Kier alpha value is -3.32. The van der Waals surface area contributed by atoms with E-state index in [1.54, 1.807) is 42.3 Å². The summed E-state index contributed by atoms with van der Waals surface area (Å²) in [5, 5.41) is -0.558. The van der Waals surface area contributed by atoms with Crippen molar-refractivity contribution < 1.29 is 22.7 Å². The number of carbonyl (C=O) groups excluding carboxylic acids is 1. The third-order valence-corrected chi connectivity index (χ3v) is 8.29. The monoisotopic (exact) mass is 479 g/mol. The van der Waals surface area contributed by atoms with Crippen molar-refractivity contribution in [3.05, 3.63) is 90.0 Å². The summed E-state index contributed by atoms with van der Waals surface area (Å²) in [6.45, 7) is 1.12. The topological polar surface area (TPSA) is 72.9 Å². The molecular weight excluding hydrogens is 450 g/mol. The van der Waals surface area contributed by atoms with Gasteiger partial charge in [0.25, 0.3) is 0 Å². The van der Waals surface area contributed by atoms with Crippen LogP contribution in [0, 0.1) is 0 Å². The van der Waals surface area contributed by atoms with E-state index in [2.05, 4.69) is 0 Å². The molecule has 0 saturated carbocycles. The Bertz CT molecular complexity index is 1210. The average Bonchev–Trinajstić information content (AvgIpc) is 3.39. The summed E-state index contributed by atoms with van der Waals surface area (Å²) in [6.07, 6.45) is 1.31. The maximum atomic E-state index is 12.9. The number of nitrogens with zero attached hydrogens (tertiary/aromatic N) is 1. The van der Waals surface area contributed by atoms with Gasteiger partial charge in [0.15, 0.2) is 21.3 Å². The normalized spacial score (nSPS) is 15.8. The van der Waals surface area contributed by atoms with E-state index in [0.29, 0.717) is 48.8 Å². The fraction of sp³-hybridized carbons (Fsp3) is 0.296. The van der Waals surface area contributed by atoms with Gasteiger partial charge >= 0.3 is 0 Å². The molecule has 1 atom stereocenters. The molecule has 0 spiro atoms. The van der Waals surface area contributed by atoms with Crippen LogP contribution in [0.15, 0.2) is 83.8 Å². The highest BCUT2D eigenvalue weighted by molar-refractivity contribution is 7.92. The summed E-state index contributed by atoms with van der Waals surface area (Å²) >= 11 is 0. The van der Waals surface area contributed by atoms with E-state index in [1.807, 2.05) is 48.5 Å². The number of rotatable bonds is 9. The van der Waals surface area contributed by atoms with Crippen molar-refractivity contribution in [2.45, 2.75) is 36.0 Å². The summed E-state index contributed by atoms with van der Waals surface area (Å²) in [6, 6.07) is 24.0. The molecular formula is C27H29NO5S. The van der Waals surface area contributed by atoms with Crippen LogP contribution in [0.2, 0.25) is 0 Å². The lowest BCUT2D eigenvalue weighted by atomic mass is 10.1. The van der Waals surface area contributed by atoms with Crippen LogP contribution in [0.4, 0.5) is 0 Å². The quantitative estimate of drug-likeness (QED) is 0.458. The van der Waals surface area contributed by atoms with E-state index in [1.165, 1.54) is 0 Å². The van der Waals surface area contributed by atoms with E-state index < -0.39 is 15.1 Å². The summed E-state index contributed by atoms with van der Waals surface area (Å²) in [4.78, 5) is 14.8. The number of amides is 1. The number of likely N-dealkylation sites (tertiary alicyclic amines) is 1. The van der Waals surface area contributed by atoms with Gasteiger partial charge in [-0.2, -0.15) is 0 Å². The molecule has 1 unspecified atom stereocenters. The fourth-order valence-electron chi connectivity index (χ4n) is 4.14. The molecule has 0 aliphatic carbocycles. The van der Waals surface area contributed by atoms with Gasteiger partial charge in [0.05, 0.1) is 17.3 Å². The number of methoxy groups -OCH3 is 1. The molecule has 4 rings (SSSR count).